The van der Waals surface area contributed by atoms with Gasteiger partial charge in [-0.3, -0.25) is 4.79 Å². The number of hydrogen-bond acceptors (Lipinski definition) is 4. The lowest BCUT2D eigenvalue weighted by Gasteiger charge is -2.22. The number of carboxylic acid groups (broad SMARTS) is 1. The predicted octanol–water partition coefficient (Wildman–Crippen LogP) is 5.57. The van der Waals surface area contributed by atoms with Gasteiger partial charge in [-0.05, 0) is 82.5 Å². The van der Waals surface area contributed by atoms with E-state index >= 15 is 0 Å². The molecule has 5 heteroatoms. The molecule has 33 heavy (non-hydrogen) atoms. The van der Waals surface area contributed by atoms with Crippen LogP contribution in [0.2, 0.25) is 0 Å². The molecule has 0 aliphatic heterocycles. The first kappa shape index (κ1) is 28.3. The van der Waals surface area contributed by atoms with Crippen molar-refractivity contribution in [2.45, 2.75) is 117 Å². The Kier molecular flexibility index (Phi) is 10.9. The molecule has 0 amide bonds. The standard InChI is InChI=1S/C28H50O5/c1-27(2,19-29)17-7-5-9-20-11-13-22(24(20)30)15-16-23-14-12-21(25(23)31)10-6-8-18-28(3,4)26(32)33/h15-16,20-25,29-31H,5-14,17-19H2,1-4H3,(H,32,33). The first-order chi connectivity index (χ1) is 15.5. The lowest BCUT2D eigenvalue weighted by molar-refractivity contribution is -0.147. The van der Waals surface area contributed by atoms with Crippen LogP contribution in [0.4, 0.5) is 0 Å². The molecular weight excluding hydrogens is 416 g/mol. The topological polar surface area (TPSA) is 98.0 Å². The summed E-state index contributed by atoms with van der Waals surface area (Å²) in [4.78, 5) is 11.2. The van der Waals surface area contributed by atoms with Crippen LogP contribution in [0, 0.1) is 34.5 Å². The number of carbonyl (C=O) groups is 1. The molecule has 0 spiro atoms. The fourth-order valence-corrected chi connectivity index (χ4v) is 5.70. The van der Waals surface area contributed by atoms with Crippen LogP contribution in [0.5, 0.6) is 0 Å². The molecule has 0 aromatic carbocycles. The van der Waals surface area contributed by atoms with Crippen LogP contribution in [-0.4, -0.2) is 45.2 Å². The number of aliphatic carboxylic acids is 1. The summed E-state index contributed by atoms with van der Waals surface area (Å²) in [5, 5.41) is 40.2. The molecule has 2 aliphatic rings. The fraction of sp³-hybridized carbons (Fsp3) is 0.893. The molecule has 0 radical (unpaired) electrons. The Morgan fingerprint density at radius 2 is 1.24 bits per heavy atom. The largest absolute Gasteiger partial charge is 0.481 e. The molecule has 0 aromatic heterocycles. The second kappa shape index (κ2) is 12.7. The lowest BCUT2D eigenvalue weighted by Crippen LogP contribution is -2.24. The van der Waals surface area contributed by atoms with Crippen molar-refractivity contribution in [3.63, 3.8) is 0 Å². The van der Waals surface area contributed by atoms with Crippen LogP contribution in [0.1, 0.15) is 105 Å². The maximum absolute atomic E-state index is 11.2. The third kappa shape index (κ3) is 8.67. The van der Waals surface area contributed by atoms with Crippen molar-refractivity contribution in [3.05, 3.63) is 12.2 Å². The molecule has 2 fully saturated rings. The van der Waals surface area contributed by atoms with Crippen LogP contribution in [0.3, 0.4) is 0 Å². The first-order valence-electron chi connectivity index (χ1n) is 13.4. The van der Waals surface area contributed by atoms with E-state index in [4.69, 9.17) is 0 Å². The van der Waals surface area contributed by atoms with E-state index in [-0.39, 0.29) is 36.1 Å². The Bertz CT molecular complexity index is 626. The number of aliphatic hydroxyl groups excluding tert-OH is 3. The van der Waals surface area contributed by atoms with E-state index in [9.17, 15) is 25.2 Å². The summed E-state index contributed by atoms with van der Waals surface area (Å²) in [5.41, 5.74) is -0.676. The third-order valence-corrected chi connectivity index (χ3v) is 8.50. The number of rotatable bonds is 14. The molecule has 6 atom stereocenters. The minimum atomic E-state index is -0.740. The van der Waals surface area contributed by atoms with Crippen LogP contribution >= 0.6 is 0 Å². The zero-order valence-electron chi connectivity index (χ0n) is 21.5. The van der Waals surface area contributed by atoms with E-state index in [1.165, 1.54) is 0 Å². The number of aliphatic hydroxyl groups is 3. The van der Waals surface area contributed by atoms with Gasteiger partial charge in [-0.15, -0.1) is 0 Å². The summed E-state index contributed by atoms with van der Waals surface area (Å²) in [5.74, 6) is 0.312. The van der Waals surface area contributed by atoms with Crippen LogP contribution in [-0.2, 0) is 4.79 Å². The summed E-state index contributed by atoms with van der Waals surface area (Å²) < 4.78 is 0. The number of unbranched alkanes of at least 4 members (excludes halogenated alkanes) is 2. The van der Waals surface area contributed by atoms with Gasteiger partial charge in [0.05, 0.1) is 17.6 Å². The maximum atomic E-state index is 11.2. The Balaban J connectivity index is 1.69. The van der Waals surface area contributed by atoms with Crippen molar-refractivity contribution in [2.75, 3.05) is 6.61 Å². The average Bonchev–Trinajstić information content (AvgIpc) is 3.29. The van der Waals surface area contributed by atoms with E-state index in [2.05, 4.69) is 26.0 Å². The minimum absolute atomic E-state index is 0.00535. The van der Waals surface area contributed by atoms with Crippen molar-refractivity contribution < 1.29 is 25.2 Å². The monoisotopic (exact) mass is 466 g/mol. The molecule has 0 heterocycles. The smallest absolute Gasteiger partial charge is 0.309 e. The number of hydrogen-bond donors (Lipinski definition) is 4. The summed E-state index contributed by atoms with van der Waals surface area (Å²) in [6.45, 7) is 7.98. The molecule has 2 rings (SSSR count). The third-order valence-electron chi connectivity index (χ3n) is 8.50. The molecule has 4 N–H and O–H groups in total. The van der Waals surface area contributed by atoms with Crippen molar-refractivity contribution in [1.29, 1.82) is 0 Å². The quantitative estimate of drug-likeness (QED) is 0.198. The summed E-state index contributed by atoms with van der Waals surface area (Å²) in [6.07, 6.45) is 15.6. The van der Waals surface area contributed by atoms with Gasteiger partial charge in [0.15, 0.2) is 0 Å². The Morgan fingerprint density at radius 1 is 0.788 bits per heavy atom. The van der Waals surface area contributed by atoms with Gasteiger partial charge in [-0.2, -0.15) is 0 Å². The zero-order chi connectivity index (χ0) is 24.6. The molecule has 192 valence electrons. The van der Waals surface area contributed by atoms with E-state index in [0.29, 0.717) is 18.3 Å². The molecule has 2 saturated carbocycles. The predicted molar refractivity (Wildman–Crippen MR) is 133 cm³/mol. The highest BCUT2D eigenvalue weighted by Gasteiger charge is 2.35. The second-order valence-electron chi connectivity index (χ2n) is 12.4. The van der Waals surface area contributed by atoms with Crippen molar-refractivity contribution in [1.82, 2.24) is 0 Å². The highest BCUT2D eigenvalue weighted by Crippen LogP contribution is 2.39. The Labute approximate surface area is 201 Å². The molecule has 0 aromatic rings. The van der Waals surface area contributed by atoms with Crippen LogP contribution in [0.15, 0.2) is 12.2 Å². The van der Waals surface area contributed by atoms with Gasteiger partial charge in [0.2, 0.25) is 0 Å². The van der Waals surface area contributed by atoms with E-state index in [1.807, 2.05) is 0 Å². The summed E-state index contributed by atoms with van der Waals surface area (Å²) in [6, 6.07) is 0. The van der Waals surface area contributed by atoms with Crippen LogP contribution in [0.25, 0.3) is 0 Å². The summed E-state index contributed by atoms with van der Waals surface area (Å²) >= 11 is 0. The molecule has 6 unspecified atom stereocenters. The van der Waals surface area contributed by atoms with E-state index in [1.54, 1.807) is 13.8 Å². The highest BCUT2D eigenvalue weighted by molar-refractivity contribution is 5.73. The van der Waals surface area contributed by atoms with Gasteiger partial charge in [0.1, 0.15) is 0 Å². The van der Waals surface area contributed by atoms with Crippen LogP contribution < -0.4 is 0 Å². The van der Waals surface area contributed by atoms with E-state index < -0.39 is 11.4 Å². The van der Waals surface area contributed by atoms with Crippen molar-refractivity contribution in [2.24, 2.45) is 34.5 Å². The lowest BCUT2D eigenvalue weighted by atomic mass is 9.86. The highest BCUT2D eigenvalue weighted by atomic mass is 16.4. The Morgan fingerprint density at radius 3 is 1.67 bits per heavy atom. The fourth-order valence-electron chi connectivity index (χ4n) is 5.70. The summed E-state index contributed by atoms with van der Waals surface area (Å²) in [7, 11) is 0. The molecule has 0 bridgehead atoms. The zero-order valence-corrected chi connectivity index (χ0v) is 21.5. The average molecular weight is 467 g/mol. The van der Waals surface area contributed by atoms with Gasteiger partial charge in [-0.25, -0.2) is 0 Å². The van der Waals surface area contributed by atoms with Gasteiger partial charge >= 0.3 is 5.97 Å². The molecule has 2 aliphatic carbocycles. The molecule has 5 nitrogen and oxygen atoms in total. The van der Waals surface area contributed by atoms with Gasteiger partial charge in [-0.1, -0.05) is 51.7 Å². The molecular formula is C28H50O5. The number of carboxylic acids is 1. The Hall–Kier alpha value is -0.910. The van der Waals surface area contributed by atoms with Gasteiger partial charge in [0, 0.05) is 18.4 Å². The first-order valence-corrected chi connectivity index (χ1v) is 13.4. The van der Waals surface area contributed by atoms with Crippen molar-refractivity contribution in [3.8, 4) is 0 Å². The van der Waals surface area contributed by atoms with E-state index in [0.717, 1.165) is 70.6 Å². The SMILES string of the molecule is CC(C)(CO)CCCCC1CCC(C=CC2CCC(CCCCC(C)(C)C(=O)O)C2O)C1O. The normalized spacial score (nSPS) is 31.0. The maximum Gasteiger partial charge on any atom is 0.309 e. The molecule has 0 saturated heterocycles. The van der Waals surface area contributed by atoms with Gasteiger partial charge in [0.25, 0.3) is 0 Å². The van der Waals surface area contributed by atoms with Crippen molar-refractivity contribution >= 4 is 5.97 Å². The van der Waals surface area contributed by atoms with Gasteiger partial charge < -0.3 is 20.4 Å². The second-order valence-corrected chi connectivity index (χ2v) is 12.4. The minimum Gasteiger partial charge on any atom is -0.481 e.